The van der Waals surface area contributed by atoms with Crippen molar-refractivity contribution >= 4 is 23.2 Å². The molecule has 4 nitrogen and oxygen atoms in total. The van der Waals surface area contributed by atoms with Crippen LogP contribution in [0.25, 0.3) is 0 Å². The molecule has 1 aromatic carbocycles. The molecule has 1 heterocycles. The molecule has 0 fully saturated rings. The van der Waals surface area contributed by atoms with E-state index in [0.717, 1.165) is 5.76 Å². The summed E-state index contributed by atoms with van der Waals surface area (Å²) in [5.41, 5.74) is 6.55. The minimum Gasteiger partial charge on any atom is -0.467 e. The van der Waals surface area contributed by atoms with Gasteiger partial charge < -0.3 is 15.1 Å². The summed E-state index contributed by atoms with van der Waals surface area (Å²) in [4.78, 5) is 13.7. The summed E-state index contributed by atoms with van der Waals surface area (Å²) in [7, 11) is 1.69. The van der Waals surface area contributed by atoms with Crippen molar-refractivity contribution in [2.75, 3.05) is 12.8 Å². The maximum Gasteiger partial charge on any atom is 0.255 e. The number of amides is 1. The van der Waals surface area contributed by atoms with E-state index in [2.05, 4.69) is 0 Å². The van der Waals surface area contributed by atoms with Gasteiger partial charge in [-0.05, 0) is 30.3 Å². The number of nitrogens with two attached hydrogens (primary N) is 1. The Hall–Kier alpha value is -1.94. The Morgan fingerprint density at radius 3 is 2.83 bits per heavy atom. The second kappa shape index (κ2) is 5.14. The van der Waals surface area contributed by atoms with Gasteiger partial charge in [0.2, 0.25) is 0 Å². The molecule has 0 aliphatic carbocycles. The Balaban J connectivity index is 2.15. The van der Waals surface area contributed by atoms with Crippen molar-refractivity contribution in [2.24, 2.45) is 0 Å². The number of nitrogens with zero attached hydrogens (tertiary/aromatic N) is 1. The van der Waals surface area contributed by atoms with Crippen molar-refractivity contribution in [2.45, 2.75) is 6.54 Å². The van der Waals surface area contributed by atoms with Crippen LogP contribution >= 0.6 is 11.6 Å². The van der Waals surface area contributed by atoms with Crippen LogP contribution in [0.5, 0.6) is 0 Å². The van der Waals surface area contributed by atoms with Gasteiger partial charge >= 0.3 is 0 Å². The molecule has 0 aliphatic heterocycles. The van der Waals surface area contributed by atoms with Gasteiger partial charge in [0.05, 0.1) is 23.4 Å². The van der Waals surface area contributed by atoms with Crippen LogP contribution in [-0.4, -0.2) is 17.9 Å². The standard InChI is InChI=1S/C13H13ClN2O2/c1-16(8-10-3-2-6-18-10)13(17)11-5-4-9(15)7-12(11)14/h2-7H,8,15H2,1H3. The lowest BCUT2D eigenvalue weighted by molar-refractivity contribution is 0.0775. The topological polar surface area (TPSA) is 59.5 Å². The number of anilines is 1. The van der Waals surface area contributed by atoms with E-state index in [4.69, 9.17) is 21.8 Å². The Bertz CT molecular complexity index is 552. The smallest absolute Gasteiger partial charge is 0.255 e. The highest BCUT2D eigenvalue weighted by Crippen LogP contribution is 2.21. The third-order valence-corrected chi connectivity index (χ3v) is 2.86. The van der Waals surface area contributed by atoms with Crippen LogP contribution in [0, 0.1) is 0 Å². The van der Waals surface area contributed by atoms with Crippen LogP contribution in [0.1, 0.15) is 16.1 Å². The fraction of sp³-hybridized carbons (Fsp3) is 0.154. The van der Waals surface area contributed by atoms with Gasteiger partial charge in [-0.15, -0.1) is 0 Å². The average Bonchev–Trinajstić information content (AvgIpc) is 2.81. The van der Waals surface area contributed by atoms with Gasteiger partial charge in [0.1, 0.15) is 5.76 Å². The van der Waals surface area contributed by atoms with E-state index >= 15 is 0 Å². The van der Waals surface area contributed by atoms with Gasteiger partial charge in [-0.1, -0.05) is 11.6 Å². The molecular formula is C13H13ClN2O2. The highest BCUT2D eigenvalue weighted by molar-refractivity contribution is 6.34. The number of hydrogen-bond donors (Lipinski definition) is 1. The molecule has 0 unspecified atom stereocenters. The fourth-order valence-corrected chi connectivity index (χ4v) is 1.89. The molecule has 18 heavy (non-hydrogen) atoms. The molecule has 0 bridgehead atoms. The molecule has 5 heteroatoms. The number of halogens is 1. The second-order valence-corrected chi connectivity index (χ2v) is 4.39. The zero-order valence-corrected chi connectivity index (χ0v) is 10.6. The third-order valence-electron chi connectivity index (χ3n) is 2.54. The summed E-state index contributed by atoms with van der Waals surface area (Å²) in [5.74, 6) is 0.550. The number of hydrogen-bond acceptors (Lipinski definition) is 3. The molecule has 1 aromatic heterocycles. The van der Waals surface area contributed by atoms with Crippen LogP contribution in [0.3, 0.4) is 0 Å². The van der Waals surface area contributed by atoms with E-state index in [0.29, 0.717) is 22.8 Å². The molecule has 0 saturated carbocycles. The minimum absolute atomic E-state index is 0.170. The summed E-state index contributed by atoms with van der Waals surface area (Å²) in [5, 5.41) is 0.353. The number of carbonyl (C=O) groups excluding carboxylic acids is 1. The predicted octanol–water partition coefficient (Wildman–Crippen LogP) is 2.79. The second-order valence-electron chi connectivity index (χ2n) is 3.98. The zero-order valence-electron chi connectivity index (χ0n) is 9.89. The number of benzene rings is 1. The minimum atomic E-state index is -0.170. The van der Waals surface area contributed by atoms with Gasteiger partial charge in [0, 0.05) is 12.7 Å². The van der Waals surface area contributed by atoms with Crippen molar-refractivity contribution in [1.82, 2.24) is 4.90 Å². The zero-order chi connectivity index (χ0) is 13.1. The van der Waals surface area contributed by atoms with Crippen molar-refractivity contribution < 1.29 is 9.21 Å². The van der Waals surface area contributed by atoms with E-state index in [1.807, 2.05) is 6.07 Å². The third kappa shape index (κ3) is 2.65. The molecule has 2 rings (SSSR count). The van der Waals surface area contributed by atoms with Crippen LogP contribution in [0.2, 0.25) is 5.02 Å². The van der Waals surface area contributed by atoms with Gasteiger partial charge in [0.25, 0.3) is 5.91 Å². The molecule has 2 N–H and O–H groups in total. The average molecular weight is 265 g/mol. The maximum absolute atomic E-state index is 12.2. The van der Waals surface area contributed by atoms with Gasteiger partial charge in [-0.3, -0.25) is 4.79 Å². The van der Waals surface area contributed by atoms with Crippen LogP contribution in [-0.2, 0) is 6.54 Å². The number of nitrogen functional groups attached to an aromatic ring is 1. The van der Waals surface area contributed by atoms with E-state index in [1.165, 1.54) is 4.90 Å². The normalized spacial score (nSPS) is 10.3. The van der Waals surface area contributed by atoms with Gasteiger partial charge in [-0.25, -0.2) is 0 Å². The maximum atomic E-state index is 12.2. The largest absolute Gasteiger partial charge is 0.467 e. The molecule has 0 aliphatic rings. The monoisotopic (exact) mass is 264 g/mol. The Kier molecular flexibility index (Phi) is 3.58. The molecule has 0 spiro atoms. The van der Waals surface area contributed by atoms with Gasteiger partial charge in [0.15, 0.2) is 0 Å². The lowest BCUT2D eigenvalue weighted by Crippen LogP contribution is -2.26. The molecule has 2 aromatic rings. The first kappa shape index (κ1) is 12.5. The van der Waals surface area contributed by atoms with Crippen LogP contribution in [0.4, 0.5) is 5.69 Å². The van der Waals surface area contributed by atoms with Crippen LogP contribution in [0.15, 0.2) is 41.0 Å². The summed E-state index contributed by atoms with van der Waals surface area (Å²) in [6, 6.07) is 8.44. The van der Waals surface area contributed by atoms with E-state index in [1.54, 1.807) is 37.6 Å². The molecule has 0 saturated heterocycles. The Morgan fingerprint density at radius 1 is 1.44 bits per heavy atom. The first-order valence-electron chi connectivity index (χ1n) is 5.41. The fourth-order valence-electron chi connectivity index (χ4n) is 1.62. The summed E-state index contributed by atoms with van der Waals surface area (Å²) >= 11 is 6.00. The van der Waals surface area contributed by atoms with E-state index in [9.17, 15) is 4.79 Å². The van der Waals surface area contributed by atoms with E-state index < -0.39 is 0 Å². The van der Waals surface area contributed by atoms with Crippen LogP contribution < -0.4 is 5.73 Å². The highest BCUT2D eigenvalue weighted by Gasteiger charge is 2.16. The summed E-state index contributed by atoms with van der Waals surface area (Å²) in [6.07, 6.45) is 1.57. The SMILES string of the molecule is CN(Cc1ccco1)C(=O)c1ccc(N)cc1Cl. The van der Waals surface area contributed by atoms with Crippen molar-refractivity contribution in [3.8, 4) is 0 Å². The lowest BCUT2D eigenvalue weighted by atomic mass is 10.2. The quantitative estimate of drug-likeness (QED) is 0.867. The van der Waals surface area contributed by atoms with Crippen molar-refractivity contribution in [3.05, 3.63) is 52.9 Å². The molecule has 94 valence electrons. The Labute approximate surface area is 110 Å². The molecule has 0 radical (unpaired) electrons. The number of rotatable bonds is 3. The van der Waals surface area contributed by atoms with Gasteiger partial charge in [-0.2, -0.15) is 0 Å². The van der Waals surface area contributed by atoms with Crippen molar-refractivity contribution in [1.29, 1.82) is 0 Å². The summed E-state index contributed by atoms with van der Waals surface area (Å²) in [6.45, 7) is 0.395. The highest BCUT2D eigenvalue weighted by atomic mass is 35.5. The van der Waals surface area contributed by atoms with E-state index in [-0.39, 0.29) is 5.91 Å². The molecule has 0 atom stereocenters. The molecule has 1 amide bonds. The summed E-state index contributed by atoms with van der Waals surface area (Å²) < 4.78 is 5.19. The molecular weight excluding hydrogens is 252 g/mol. The van der Waals surface area contributed by atoms with Crippen molar-refractivity contribution in [3.63, 3.8) is 0 Å². The predicted molar refractivity (Wildman–Crippen MR) is 70.4 cm³/mol. The lowest BCUT2D eigenvalue weighted by Gasteiger charge is -2.16. The Morgan fingerprint density at radius 2 is 2.22 bits per heavy atom. The first-order valence-corrected chi connectivity index (χ1v) is 5.78. The number of furan rings is 1. The first-order chi connectivity index (χ1) is 8.58. The number of carbonyl (C=O) groups is 1.